The summed E-state index contributed by atoms with van der Waals surface area (Å²) in [5.74, 6) is 2.01. The minimum absolute atomic E-state index is 0.272. The molecule has 0 bridgehead atoms. The summed E-state index contributed by atoms with van der Waals surface area (Å²) >= 11 is 0. The van der Waals surface area contributed by atoms with Gasteiger partial charge in [0.15, 0.2) is 6.61 Å². The summed E-state index contributed by atoms with van der Waals surface area (Å²) < 4.78 is 16.2. The van der Waals surface area contributed by atoms with Crippen LogP contribution in [0.2, 0.25) is 0 Å². The predicted octanol–water partition coefficient (Wildman–Crippen LogP) is 1.58. The van der Waals surface area contributed by atoms with E-state index in [9.17, 15) is 0 Å². The minimum Gasteiger partial charge on any atom is -0.493 e. The molecule has 0 saturated carbocycles. The molecule has 0 saturated heterocycles. The molecule has 0 aliphatic carbocycles. The van der Waals surface area contributed by atoms with Crippen molar-refractivity contribution in [1.82, 2.24) is 20.6 Å². The fourth-order valence-electron chi connectivity index (χ4n) is 1.58. The van der Waals surface area contributed by atoms with Crippen molar-refractivity contribution in [3.63, 3.8) is 0 Å². The lowest BCUT2D eigenvalue weighted by molar-refractivity contribution is 0.184. The van der Waals surface area contributed by atoms with Crippen LogP contribution < -0.4 is 9.47 Å². The molecule has 1 heterocycles. The van der Waals surface area contributed by atoms with Crippen LogP contribution in [-0.4, -0.2) is 40.9 Å². The highest BCUT2D eigenvalue weighted by atomic mass is 16.5. The average Bonchev–Trinajstić information content (AvgIpc) is 2.99. The molecule has 7 nitrogen and oxygen atoms in total. The molecule has 20 heavy (non-hydrogen) atoms. The predicted molar refractivity (Wildman–Crippen MR) is 71.6 cm³/mol. The molecule has 1 N–H and O–H groups in total. The zero-order valence-corrected chi connectivity index (χ0v) is 11.4. The molecule has 0 radical (unpaired) electrons. The number of tetrazole rings is 1. The number of benzene rings is 1. The number of rotatable bonds is 9. The molecule has 0 atom stereocenters. The first-order valence-electron chi connectivity index (χ1n) is 6.45. The van der Waals surface area contributed by atoms with Crippen LogP contribution in [0.15, 0.2) is 24.3 Å². The maximum atomic E-state index is 5.64. The van der Waals surface area contributed by atoms with E-state index in [0.717, 1.165) is 25.2 Å². The first-order chi connectivity index (χ1) is 9.88. The Hall–Kier alpha value is -2.15. The fraction of sp³-hybridized carbons (Fsp3) is 0.462. The molecule has 1 aromatic heterocycles. The topological polar surface area (TPSA) is 82.1 Å². The van der Waals surface area contributed by atoms with E-state index in [1.165, 1.54) is 0 Å². The average molecular weight is 278 g/mol. The number of unbranched alkanes of at least 4 members (excludes halogenated alkanes) is 1. The first-order valence-corrected chi connectivity index (χ1v) is 6.45. The van der Waals surface area contributed by atoms with Crippen LogP contribution >= 0.6 is 0 Å². The van der Waals surface area contributed by atoms with Gasteiger partial charge in [-0.2, -0.15) is 5.21 Å². The SMILES string of the molecule is COCCCCOc1cccc(OCc2nn[nH]n2)c1. The molecular formula is C13H18N4O3. The highest BCUT2D eigenvalue weighted by molar-refractivity contribution is 5.32. The largest absolute Gasteiger partial charge is 0.493 e. The Balaban J connectivity index is 1.75. The summed E-state index contributed by atoms with van der Waals surface area (Å²) in [6, 6.07) is 7.49. The maximum Gasteiger partial charge on any atom is 0.211 e. The molecule has 0 spiro atoms. The quantitative estimate of drug-likeness (QED) is 0.701. The lowest BCUT2D eigenvalue weighted by Crippen LogP contribution is -2.01. The van der Waals surface area contributed by atoms with E-state index in [1.807, 2.05) is 24.3 Å². The van der Waals surface area contributed by atoms with E-state index >= 15 is 0 Å². The number of aromatic amines is 1. The van der Waals surface area contributed by atoms with Gasteiger partial charge in [-0.15, -0.1) is 10.2 Å². The Bertz CT molecular complexity index is 490. The molecule has 108 valence electrons. The van der Waals surface area contributed by atoms with Gasteiger partial charge >= 0.3 is 0 Å². The van der Waals surface area contributed by atoms with Crippen molar-refractivity contribution in [2.75, 3.05) is 20.3 Å². The van der Waals surface area contributed by atoms with Crippen LogP contribution in [0.5, 0.6) is 11.5 Å². The highest BCUT2D eigenvalue weighted by Crippen LogP contribution is 2.20. The third-order valence-electron chi connectivity index (χ3n) is 2.57. The molecule has 2 aromatic rings. The van der Waals surface area contributed by atoms with E-state index in [0.29, 0.717) is 18.2 Å². The van der Waals surface area contributed by atoms with Crippen LogP contribution in [-0.2, 0) is 11.3 Å². The lowest BCUT2D eigenvalue weighted by Gasteiger charge is -2.08. The maximum absolute atomic E-state index is 5.64. The van der Waals surface area contributed by atoms with Crippen LogP contribution in [0.1, 0.15) is 18.7 Å². The van der Waals surface area contributed by atoms with Gasteiger partial charge < -0.3 is 14.2 Å². The minimum atomic E-state index is 0.272. The number of methoxy groups -OCH3 is 1. The molecule has 2 rings (SSSR count). The Labute approximate surface area is 117 Å². The summed E-state index contributed by atoms with van der Waals surface area (Å²) in [6.45, 7) is 1.70. The second-order valence-corrected chi connectivity index (χ2v) is 4.14. The summed E-state index contributed by atoms with van der Waals surface area (Å²) in [5.41, 5.74) is 0. The summed E-state index contributed by atoms with van der Waals surface area (Å²) in [4.78, 5) is 0. The second kappa shape index (κ2) is 8.11. The van der Waals surface area contributed by atoms with Gasteiger partial charge in [0.05, 0.1) is 6.61 Å². The standard InChI is InChI=1S/C13H18N4O3/c1-18-7-2-3-8-19-11-5-4-6-12(9-11)20-10-13-14-16-17-15-13/h4-6,9H,2-3,7-8,10H2,1H3,(H,14,15,16,17). The number of hydrogen-bond acceptors (Lipinski definition) is 6. The molecule has 0 aliphatic rings. The van der Waals surface area contributed by atoms with E-state index < -0.39 is 0 Å². The highest BCUT2D eigenvalue weighted by Gasteiger charge is 2.01. The molecule has 0 aliphatic heterocycles. The number of nitrogens with zero attached hydrogens (tertiary/aromatic N) is 3. The van der Waals surface area contributed by atoms with Crippen LogP contribution in [0.3, 0.4) is 0 Å². The van der Waals surface area contributed by atoms with E-state index in [-0.39, 0.29) is 6.61 Å². The Kier molecular flexibility index (Phi) is 5.78. The van der Waals surface area contributed by atoms with Crippen LogP contribution in [0.25, 0.3) is 0 Å². The Morgan fingerprint density at radius 2 is 1.90 bits per heavy atom. The van der Waals surface area contributed by atoms with Crippen molar-refractivity contribution in [3.8, 4) is 11.5 Å². The molecular weight excluding hydrogens is 260 g/mol. The third-order valence-corrected chi connectivity index (χ3v) is 2.57. The van der Waals surface area contributed by atoms with Crippen molar-refractivity contribution < 1.29 is 14.2 Å². The number of aromatic nitrogens is 4. The number of H-pyrrole nitrogens is 1. The van der Waals surface area contributed by atoms with Gasteiger partial charge in [-0.3, -0.25) is 0 Å². The van der Waals surface area contributed by atoms with Gasteiger partial charge in [-0.05, 0) is 25.0 Å². The number of nitrogens with one attached hydrogen (secondary N) is 1. The smallest absolute Gasteiger partial charge is 0.211 e. The summed E-state index contributed by atoms with van der Waals surface area (Å²) in [6.07, 6.45) is 1.95. The van der Waals surface area contributed by atoms with Crippen molar-refractivity contribution >= 4 is 0 Å². The summed E-state index contributed by atoms with van der Waals surface area (Å²) in [5, 5.41) is 13.5. The molecule has 1 aromatic carbocycles. The lowest BCUT2D eigenvalue weighted by atomic mass is 10.3. The zero-order valence-electron chi connectivity index (χ0n) is 11.4. The fourth-order valence-corrected chi connectivity index (χ4v) is 1.58. The molecule has 0 amide bonds. The normalized spacial score (nSPS) is 10.4. The van der Waals surface area contributed by atoms with E-state index in [4.69, 9.17) is 14.2 Å². The van der Waals surface area contributed by atoms with E-state index in [2.05, 4.69) is 20.6 Å². The first kappa shape index (κ1) is 14.3. The van der Waals surface area contributed by atoms with Crippen molar-refractivity contribution in [3.05, 3.63) is 30.1 Å². The number of ether oxygens (including phenoxy) is 3. The van der Waals surface area contributed by atoms with Gasteiger partial charge in [0.25, 0.3) is 0 Å². The van der Waals surface area contributed by atoms with Crippen LogP contribution in [0.4, 0.5) is 0 Å². The Morgan fingerprint density at radius 3 is 2.65 bits per heavy atom. The number of hydrogen-bond donors (Lipinski definition) is 1. The Morgan fingerprint density at radius 1 is 1.10 bits per heavy atom. The zero-order chi connectivity index (χ0) is 14.0. The molecule has 0 unspecified atom stereocenters. The van der Waals surface area contributed by atoms with Gasteiger partial charge in [0, 0.05) is 19.8 Å². The molecule has 7 heteroatoms. The van der Waals surface area contributed by atoms with Crippen molar-refractivity contribution in [2.24, 2.45) is 0 Å². The monoisotopic (exact) mass is 278 g/mol. The molecule has 0 fully saturated rings. The summed E-state index contributed by atoms with van der Waals surface area (Å²) in [7, 11) is 1.70. The van der Waals surface area contributed by atoms with Gasteiger partial charge in [0.1, 0.15) is 11.5 Å². The van der Waals surface area contributed by atoms with Crippen molar-refractivity contribution in [1.29, 1.82) is 0 Å². The van der Waals surface area contributed by atoms with Gasteiger partial charge in [-0.1, -0.05) is 11.3 Å². The van der Waals surface area contributed by atoms with Gasteiger partial charge in [-0.25, -0.2) is 0 Å². The van der Waals surface area contributed by atoms with E-state index in [1.54, 1.807) is 7.11 Å². The third kappa shape index (κ3) is 4.85. The van der Waals surface area contributed by atoms with Crippen LogP contribution in [0, 0.1) is 0 Å². The van der Waals surface area contributed by atoms with Gasteiger partial charge in [0.2, 0.25) is 5.82 Å². The van der Waals surface area contributed by atoms with Crippen molar-refractivity contribution in [2.45, 2.75) is 19.4 Å². The second-order valence-electron chi connectivity index (χ2n) is 4.14.